The number of hydrogen-bond acceptors (Lipinski definition) is 6. The first-order chi connectivity index (χ1) is 14.1. The lowest BCUT2D eigenvalue weighted by Crippen LogP contribution is -2.52. The van der Waals surface area contributed by atoms with Crippen molar-refractivity contribution in [1.29, 1.82) is 0 Å². The number of benzene rings is 1. The molecule has 2 rings (SSSR count). The number of carbonyl (C=O) groups excluding carboxylic acids is 3. The first kappa shape index (κ1) is 23.7. The van der Waals surface area contributed by atoms with Gasteiger partial charge < -0.3 is 24.4 Å². The molecule has 0 bridgehead atoms. The lowest BCUT2D eigenvalue weighted by molar-refractivity contribution is -0.166. The van der Waals surface area contributed by atoms with Gasteiger partial charge in [-0.2, -0.15) is 0 Å². The van der Waals surface area contributed by atoms with Gasteiger partial charge in [0.2, 0.25) is 0 Å². The number of amides is 2. The number of hydrogen-bond donors (Lipinski definition) is 1. The molecule has 1 fully saturated rings. The van der Waals surface area contributed by atoms with E-state index < -0.39 is 24.0 Å². The van der Waals surface area contributed by atoms with E-state index in [-0.39, 0.29) is 24.0 Å². The first-order valence-electron chi connectivity index (χ1n) is 10.2. The molecule has 1 aliphatic heterocycles. The molecular formula is C22H32N2O6. The zero-order valence-electron chi connectivity index (χ0n) is 18.5. The second-order valence-corrected chi connectivity index (χ2v) is 8.00. The van der Waals surface area contributed by atoms with Crippen LogP contribution in [0.1, 0.15) is 45.0 Å². The molecule has 30 heavy (non-hydrogen) atoms. The quantitative estimate of drug-likeness (QED) is 0.679. The predicted octanol–water partition coefficient (Wildman–Crippen LogP) is 2.02. The van der Waals surface area contributed by atoms with E-state index in [0.717, 1.165) is 0 Å². The van der Waals surface area contributed by atoms with Gasteiger partial charge in [0, 0.05) is 18.7 Å². The smallest absolute Gasteiger partial charge is 0.329 e. The van der Waals surface area contributed by atoms with Crippen LogP contribution in [-0.4, -0.2) is 67.2 Å². The van der Waals surface area contributed by atoms with Gasteiger partial charge in [-0.15, -0.1) is 0 Å². The standard InChI is InChI=1S/C22H32N2O6/c1-13(2)19(23-20(25)17-7-9-18(28-6)10-8-17)22(27)30-16(5)21(26)24-11-14(3)29-15(4)12-24/h7-10,13-16,19H,11-12H2,1-6H3,(H,23,25)/t14-,15+,16-,19+/m1/s1. The Hall–Kier alpha value is -2.61. The molecule has 0 aliphatic carbocycles. The Morgan fingerprint density at radius 3 is 2.13 bits per heavy atom. The van der Waals surface area contributed by atoms with Crippen LogP contribution in [0.15, 0.2) is 24.3 Å². The molecule has 0 radical (unpaired) electrons. The Labute approximate surface area is 177 Å². The number of methoxy groups -OCH3 is 1. The topological polar surface area (TPSA) is 94.2 Å². The van der Waals surface area contributed by atoms with E-state index in [9.17, 15) is 14.4 Å². The van der Waals surface area contributed by atoms with Gasteiger partial charge in [0.05, 0.1) is 19.3 Å². The van der Waals surface area contributed by atoms with Crippen LogP contribution in [0, 0.1) is 5.92 Å². The van der Waals surface area contributed by atoms with Gasteiger partial charge in [0.15, 0.2) is 6.10 Å². The highest BCUT2D eigenvalue weighted by Crippen LogP contribution is 2.15. The summed E-state index contributed by atoms with van der Waals surface area (Å²) in [6.07, 6.45) is -1.10. The molecule has 1 saturated heterocycles. The summed E-state index contributed by atoms with van der Waals surface area (Å²) in [6.45, 7) is 9.86. The summed E-state index contributed by atoms with van der Waals surface area (Å²) in [4.78, 5) is 39.6. The summed E-state index contributed by atoms with van der Waals surface area (Å²) in [6, 6.07) is 5.69. The molecule has 0 unspecified atom stereocenters. The second kappa shape index (κ2) is 10.4. The monoisotopic (exact) mass is 420 g/mol. The maximum absolute atomic E-state index is 12.7. The fourth-order valence-corrected chi connectivity index (χ4v) is 3.38. The van der Waals surface area contributed by atoms with E-state index in [2.05, 4.69) is 5.32 Å². The Bertz CT molecular complexity index is 738. The van der Waals surface area contributed by atoms with Crippen LogP contribution in [0.5, 0.6) is 5.75 Å². The number of rotatable bonds is 7. The van der Waals surface area contributed by atoms with E-state index >= 15 is 0 Å². The van der Waals surface area contributed by atoms with Gasteiger partial charge in [0.1, 0.15) is 11.8 Å². The van der Waals surface area contributed by atoms with Crippen LogP contribution in [0.2, 0.25) is 0 Å². The van der Waals surface area contributed by atoms with Gasteiger partial charge in [-0.1, -0.05) is 13.8 Å². The van der Waals surface area contributed by atoms with E-state index in [0.29, 0.717) is 24.4 Å². The molecule has 1 aromatic rings. The minimum atomic E-state index is -0.950. The number of morpholine rings is 1. The molecule has 1 N–H and O–H groups in total. The Kier molecular flexibility index (Phi) is 8.23. The number of carbonyl (C=O) groups is 3. The first-order valence-corrected chi connectivity index (χ1v) is 10.2. The van der Waals surface area contributed by atoms with Crippen molar-refractivity contribution in [3.63, 3.8) is 0 Å². The summed E-state index contributed by atoms with van der Waals surface area (Å²) < 4.78 is 16.2. The maximum atomic E-state index is 12.7. The van der Waals surface area contributed by atoms with E-state index in [1.807, 2.05) is 13.8 Å². The molecule has 1 aromatic carbocycles. The van der Waals surface area contributed by atoms with Gasteiger partial charge in [-0.25, -0.2) is 4.79 Å². The minimum Gasteiger partial charge on any atom is -0.497 e. The van der Waals surface area contributed by atoms with E-state index in [1.54, 1.807) is 57.0 Å². The van der Waals surface area contributed by atoms with Crippen molar-refractivity contribution >= 4 is 17.8 Å². The third kappa shape index (κ3) is 6.19. The van der Waals surface area contributed by atoms with E-state index in [1.165, 1.54) is 0 Å². The predicted molar refractivity (Wildman–Crippen MR) is 111 cm³/mol. The Morgan fingerprint density at radius 2 is 1.63 bits per heavy atom. The fourth-order valence-electron chi connectivity index (χ4n) is 3.38. The highest BCUT2D eigenvalue weighted by atomic mass is 16.6. The third-order valence-electron chi connectivity index (χ3n) is 4.93. The van der Waals surface area contributed by atoms with Crippen molar-refractivity contribution in [2.45, 2.75) is 59.0 Å². The normalized spacial score (nSPS) is 21.0. The van der Waals surface area contributed by atoms with Crippen molar-refractivity contribution in [3.8, 4) is 5.75 Å². The van der Waals surface area contributed by atoms with Crippen molar-refractivity contribution in [2.75, 3.05) is 20.2 Å². The summed E-state index contributed by atoms with van der Waals surface area (Å²) in [5, 5.41) is 2.71. The van der Waals surface area contributed by atoms with Crippen LogP contribution in [0.25, 0.3) is 0 Å². The summed E-state index contributed by atoms with van der Waals surface area (Å²) >= 11 is 0. The summed E-state index contributed by atoms with van der Waals surface area (Å²) in [5.74, 6) is -0.893. The summed E-state index contributed by atoms with van der Waals surface area (Å²) in [7, 11) is 1.54. The molecule has 8 heteroatoms. The van der Waals surface area contributed by atoms with Crippen molar-refractivity contribution < 1.29 is 28.6 Å². The second-order valence-electron chi connectivity index (χ2n) is 8.00. The molecule has 2 amide bonds. The third-order valence-corrected chi connectivity index (χ3v) is 4.93. The number of esters is 1. The average molecular weight is 421 g/mol. The Morgan fingerprint density at radius 1 is 1.07 bits per heavy atom. The zero-order valence-corrected chi connectivity index (χ0v) is 18.5. The van der Waals surface area contributed by atoms with Crippen molar-refractivity contribution in [3.05, 3.63) is 29.8 Å². The SMILES string of the molecule is COc1ccc(C(=O)N[C@H](C(=O)O[C@H](C)C(=O)N2C[C@@H](C)O[C@@H](C)C2)C(C)C)cc1. The molecule has 166 valence electrons. The highest BCUT2D eigenvalue weighted by Gasteiger charge is 2.33. The summed E-state index contributed by atoms with van der Waals surface area (Å²) in [5.41, 5.74) is 0.398. The van der Waals surface area contributed by atoms with Gasteiger partial charge in [-0.05, 0) is 51.0 Å². The van der Waals surface area contributed by atoms with Crippen LogP contribution in [0.3, 0.4) is 0 Å². The lowest BCUT2D eigenvalue weighted by atomic mass is 10.0. The van der Waals surface area contributed by atoms with Crippen LogP contribution < -0.4 is 10.1 Å². The van der Waals surface area contributed by atoms with Gasteiger partial charge in [0.25, 0.3) is 11.8 Å². The highest BCUT2D eigenvalue weighted by molar-refractivity contribution is 5.97. The lowest BCUT2D eigenvalue weighted by Gasteiger charge is -2.36. The minimum absolute atomic E-state index is 0.0761. The fraction of sp³-hybridized carbons (Fsp3) is 0.591. The molecule has 0 saturated carbocycles. The largest absolute Gasteiger partial charge is 0.497 e. The molecule has 4 atom stereocenters. The molecule has 8 nitrogen and oxygen atoms in total. The number of ether oxygens (including phenoxy) is 3. The van der Waals surface area contributed by atoms with E-state index in [4.69, 9.17) is 14.2 Å². The maximum Gasteiger partial charge on any atom is 0.329 e. The van der Waals surface area contributed by atoms with Crippen LogP contribution in [-0.2, 0) is 19.1 Å². The molecular weight excluding hydrogens is 388 g/mol. The zero-order chi connectivity index (χ0) is 22.4. The average Bonchev–Trinajstić information content (AvgIpc) is 2.70. The number of nitrogens with zero attached hydrogens (tertiary/aromatic N) is 1. The van der Waals surface area contributed by atoms with Crippen molar-refractivity contribution in [1.82, 2.24) is 10.2 Å². The molecule has 1 heterocycles. The molecule has 0 aromatic heterocycles. The van der Waals surface area contributed by atoms with Crippen LogP contribution in [0.4, 0.5) is 0 Å². The van der Waals surface area contributed by atoms with Crippen molar-refractivity contribution in [2.24, 2.45) is 5.92 Å². The van der Waals surface area contributed by atoms with Gasteiger partial charge >= 0.3 is 5.97 Å². The number of nitrogens with one attached hydrogen (secondary N) is 1. The van der Waals surface area contributed by atoms with Crippen LogP contribution >= 0.6 is 0 Å². The van der Waals surface area contributed by atoms with Gasteiger partial charge in [-0.3, -0.25) is 9.59 Å². The molecule has 0 spiro atoms. The molecule has 1 aliphatic rings. The Balaban J connectivity index is 2.00.